The monoisotopic (exact) mass is 226 g/mol. The maximum Gasteiger partial charge on any atom is 0.348 e. The number of hydrogen-bond acceptors (Lipinski definition) is 4. The Balaban J connectivity index is 3.17. The molecule has 0 bridgehead atoms. The SMILES string of the molecule is Cc1cc(C)n(CC(C)(O)C(=O)O)c(=O)n1. The Morgan fingerprint density at radius 1 is 1.56 bits per heavy atom. The molecule has 0 fully saturated rings. The van der Waals surface area contributed by atoms with Gasteiger partial charge in [-0.1, -0.05) is 0 Å². The molecule has 88 valence electrons. The Morgan fingerprint density at radius 2 is 2.12 bits per heavy atom. The number of aliphatic carboxylic acids is 1. The summed E-state index contributed by atoms with van der Waals surface area (Å²) in [6, 6.07) is 1.65. The third kappa shape index (κ3) is 2.46. The summed E-state index contributed by atoms with van der Waals surface area (Å²) in [7, 11) is 0. The molecule has 2 N–H and O–H groups in total. The van der Waals surface area contributed by atoms with Crippen LogP contribution in [0.25, 0.3) is 0 Å². The second-order valence-electron chi connectivity index (χ2n) is 3.99. The maximum atomic E-state index is 11.5. The molecular weight excluding hydrogens is 212 g/mol. The molecule has 6 nitrogen and oxygen atoms in total. The molecule has 0 aliphatic heterocycles. The van der Waals surface area contributed by atoms with Gasteiger partial charge < -0.3 is 10.2 Å². The van der Waals surface area contributed by atoms with Crippen molar-refractivity contribution in [3.63, 3.8) is 0 Å². The Morgan fingerprint density at radius 3 is 2.56 bits per heavy atom. The topological polar surface area (TPSA) is 92.4 Å². The van der Waals surface area contributed by atoms with E-state index in [2.05, 4.69) is 4.98 Å². The van der Waals surface area contributed by atoms with Crippen molar-refractivity contribution in [2.45, 2.75) is 32.9 Å². The van der Waals surface area contributed by atoms with Crippen molar-refractivity contribution in [3.05, 3.63) is 27.9 Å². The van der Waals surface area contributed by atoms with Crippen LogP contribution in [0.4, 0.5) is 0 Å². The molecule has 0 aliphatic rings. The summed E-state index contributed by atoms with van der Waals surface area (Å²) in [4.78, 5) is 25.9. The molecule has 0 amide bonds. The molecule has 1 atom stereocenters. The summed E-state index contributed by atoms with van der Waals surface area (Å²) < 4.78 is 1.14. The quantitative estimate of drug-likeness (QED) is 0.738. The third-order valence-corrected chi connectivity index (χ3v) is 2.27. The predicted molar refractivity (Wildman–Crippen MR) is 56.2 cm³/mol. The molecule has 1 aromatic rings. The van der Waals surface area contributed by atoms with Gasteiger partial charge in [-0.2, -0.15) is 4.98 Å². The Hall–Kier alpha value is -1.69. The van der Waals surface area contributed by atoms with Gasteiger partial charge in [0.2, 0.25) is 0 Å². The zero-order chi connectivity index (χ0) is 12.5. The van der Waals surface area contributed by atoms with Crippen LogP contribution in [0.5, 0.6) is 0 Å². The van der Waals surface area contributed by atoms with E-state index < -0.39 is 17.3 Å². The van der Waals surface area contributed by atoms with E-state index in [0.29, 0.717) is 11.4 Å². The van der Waals surface area contributed by atoms with E-state index in [1.165, 1.54) is 0 Å². The van der Waals surface area contributed by atoms with Gasteiger partial charge >= 0.3 is 11.7 Å². The van der Waals surface area contributed by atoms with Gasteiger partial charge in [0, 0.05) is 11.4 Å². The summed E-state index contributed by atoms with van der Waals surface area (Å²) in [5.41, 5.74) is -1.40. The molecule has 0 saturated carbocycles. The number of carboxylic acids is 1. The van der Waals surface area contributed by atoms with E-state index in [9.17, 15) is 14.7 Å². The van der Waals surface area contributed by atoms with Gasteiger partial charge in [0.05, 0.1) is 6.54 Å². The Bertz CT molecular complexity index is 476. The standard InChI is InChI=1S/C10H14N2O4/c1-6-4-7(2)12(9(15)11-6)5-10(3,16)8(13)14/h4,16H,5H2,1-3H3,(H,13,14). The van der Waals surface area contributed by atoms with Gasteiger partial charge in [-0.05, 0) is 26.8 Å². The minimum Gasteiger partial charge on any atom is -0.479 e. The molecule has 16 heavy (non-hydrogen) atoms. The molecule has 0 spiro atoms. The lowest BCUT2D eigenvalue weighted by Gasteiger charge is -2.20. The van der Waals surface area contributed by atoms with Crippen LogP contribution in [0.3, 0.4) is 0 Å². The predicted octanol–water partition coefficient (Wildman–Crippen LogP) is -0.304. The second kappa shape index (κ2) is 4.05. The van der Waals surface area contributed by atoms with Crippen molar-refractivity contribution in [1.82, 2.24) is 9.55 Å². The minimum absolute atomic E-state index is 0.319. The number of rotatable bonds is 3. The van der Waals surface area contributed by atoms with Crippen LogP contribution < -0.4 is 5.69 Å². The smallest absolute Gasteiger partial charge is 0.348 e. The lowest BCUT2D eigenvalue weighted by Crippen LogP contribution is -2.43. The Kier molecular flexibility index (Phi) is 3.14. The van der Waals surface area contributed by atoms with Crippen molar-refractivity contribution in [3.8, 4) is 0 Å². The molecule has 6 heteroatoms. The highest BCUT2D eigenvalue weighted by molar-refractivity contribution is 5.76. The average Bonchev–Trinajstić information content (AvgIpc) is 2.11. The summed E-state index contributed by atoms with van der Waals surface area (Å²) in [6.07, 6.45) is 0. The summed E-state index contributed by atoms with van der Waals surface area (Å²) in [5, 5.41) is 18.3. The van der Waals surface area contributed by atoms with Crippen LogP contribution in [0.15, 0.2) is 10.9 Å². The van der Waals surface area contributed by atoms with Crippen LogP contribution >= 0.6 is 0 Å². The van der Waals surface area contributed by atoms with Crippen LogP contribution in [0.1, 0.15) is 18.3 Å². The summed E-state index contributed by atoms with van der Waals surface area (Å²) >= 11 is 0. The molecule has 0 aliphatic carbocycles. The average molecular weight is 226 g/mol. The van der Waals surface area contributed by atoms with Crippen molar-refractivity contribution >= 4 is 5.97 Å². The van der Waals surface area contributed by atoms with E-state index in [1.807, 2.05) is 0 Å². The molecule has 1 rings (SSSR count). The number of carbonyl (C=O) groups is 1. The van der Waals surface area contributed by atoms with E-state index in [0.717, 1.165) is 11.5 Å². The second-order valence-corrected chi connectivity index (χ2v) is 3.99. The van der Waals surface area contributed by atoms with Crippen LogP contribution in [0, 0.1) is 13.8 Å². The fourth-order valence-electron chi connectivity index (χ4n) is 1.34. The first-order valence-corrected chi connectivity index (χ1v) is 4.75. The van der Waals surface area contributed by atoms with Gasteiger partial charge in [0.15, 0.2) is 5.60 Å². The van der Waals surface area contributed by atoms with Gasteiger partial charge in [-0.15, -0.1) is 0 Å². The van der Waals surface area contributed by atoms with Gasteiger partial charge in [0.1, 0.15) is 0 Å². The molecule has 0 radical (unpaired) electrons. The molecule has 1 aromatic heterocycles. The first kappa shape index (κ1) is 12.4. The fourth-order valence-corrected chi connectivity index (χ4v) is 1.34. The number of hydrogen-bond donors (Lipinski definition) is 2. The van der Waals surface area contributed by atoms with Crippen LogP contribution in [-0.2, 0) is 11.3 Å². The van der Waals surface area contributed by atoms with E-state index in [4.69, 9.17) is 5.11 Å². The maximum absolute atomic E-state index is 11.5. The number of aryl methyl sites for hydroxylation is 2. The molecule has 1 unspecified atom stereocenters. The molecule has 0 aromatic carbocycles. The van der Waals surface area contributed by atoms with Crippen molar-refractivity contribution < 1.29 is 15.0 Å². The van der Waals surface area contributed by atoms with E-state index in [-0.39, 0.29) is 6.54 Å². The minimum atomic E-state index is -1.98. The molecular formula is C10H14N2O4. The first-order valence-electron chi connectivity index (χ1n) is 4.75. The number of nitrogens with zero attached hydrogens (tertiary/aromatic N) is 2. The highest BCUT2D eigenvalue weighted by atomic mass is 16.4. The Labute approximate surface area is 92.2 Å². The van der Waals surface area contributed by atoms with Gasteiger partial charge in [-0.3, -0.25) is 4.57 Å². The highest BCUT2D eigenvalue weighted by Crippen LogP contribution is 2.08. The van der Waals surface area contributed by atoms with E-state index >= 15 is 0 Å². The highest BCUT2D eigenvalue weighted by Gasteiger charge is 2.31. The third-order valence-electron chi connectivity index (χ3n) is 2.27. The van der Waals surface area contributed by atoms with Crippen LogP contribution in [0.2, 0.25) is 0 Å². The fraction of sp³-hybridized carbons (Fsp3) is 0.500. The van der Waals surface area contributed by atoms with Crippen molar-refractivity contribution in [1.29, 1.82) is 0 Å². The number of aromatic nitrogens is 2. The summed E-state index contributed by atoms with van der Waals surface area (Å²) in [6.45, 7) is 4.16. The van der Waals surface area contributed by atoms with Gasteiger partial charge in [-0.25, -0.2) is 9.59 Å². The largest absolute Gasteiger partial charge is 0.479 e. The zero-order valence-corrected chi connectivity index (χ0v) is 9.39. The van der Waals surface area contributed by atoms with Gasteiger partial charge in [0.25, 0.3) is 0 Å². The summed E-state index contributed by atoms with van der Waals surface area (Å²) in [5.74, 6) is -1.38. The zero-order valence-electron chi connectivity index (χ0n) is 9.39. The molecule has 0 saturated heterocycles. The normalized spacial score (nSPS) is 14.5. The number of carboxylic acid groups (broad SMARTS) is 1. The lowest BCUT2D eigenvalue weighted by molar-refractivity contribution is -0.158. The number of aliphatic hydroxyl groups is 1. The van der Waals surface area contributed by atoms with E-state index in [1.54, 1.807) is 19.9 Å². The lowest BCUT2D eigenvalue weighted by atomic mass is 10.1. The molecule has 1 heterocycles. The van der Waals surface area contributed by atoms with Crippen molar-refractivity contribution in [2.24, 2.45) is 0 Å². The van der Waals surface area contributed by atoms with Crippen molar-refractivity contribution in [2.75, 3.05) is 0 Å². The first-order chi connectivity index (χ1) is 7.24. The van der Waals surface area contributed by atoms with Crippen LogP contribution in [-0.4, -0.2) is 31.3 Å².